The Morgan fingerprint density at radius 3 is 2.68 bits per heavy atom. The number of hydrogen-bond acceptors (Lipinski definition) is 6. The standard InChI is InChI=1S/C21H28N2O5/c1-20(2,3)28-17(24)11-13-6-9-16-14(10-13)7-8-15(26-16)12-21(4,5)18-22-23-19(25)27-18/h6,9-10,15H,7-8,11-12H2,1-5H3,(H,23,25)/t15-/m1/s1. The molecule has 0 unspecified atom stereocenters. The van der Waals surface area contributed by atoms with Crippen LogP contribution in [-0.2, 0) is 27.8 Å². The lowest BCUT2D eigenvalue weighted by molar-refractivity contribution is -0.153. The van der Waals surface area contributed by atoms with Gasteiger partial charge in [0.2, 0.25) is 5.89 Å². The molecular weight excluding hydrogens is 360 g/mol. The van der Waals surface area contributed by atoms with E-state index in [4.69, 9.17) is 13.9 Å². The summed E-state index contributed by atoms with van der Waals surface area (Å²) in [5.74, 6) is 0.447. The number of carbonyl (C=O) groups is 1. The number of aryl methyl sites for hydroxylation is 1. The van der Waals surface area contributed by atoms with Gasteiger partial charge in [-0.2, -0.15) is 0 Å². The van der Waals surface area contributed by atoms with Crippen molar-refractivity contribution in [1.29, 1.82) is 0 Å². The quantitative estimate of drug-likeness (QED) is 0.790. The van der Waals surface area contributed by atoms with Crippen molar-refractivity contribution >= 4 is 5.97 Å². The first-order chi connectivity index (χ1) is 13.0. The highest BCUT2D eigenvalue weighted by atomic mass is 16.6. The molecule has 7 heteroatoms. The summed E-state index contributed by atoms with van der Waals surface area (Å²) in [4.78, 5) is 23.3. The van der Waals surface area contributed by atoms with E-state index in [0.717, 1.165) is 29.7 Å². The minimum atomic E-state index is -0.546. The van der Waals surface area contributed by atoms with Crippen LogP contribution >= 0.6 is 0 Å². The van der Waals surface area contributed by atoms with E-state index in [1.54, 1.807) is 0 Å². The third-order valence-electron chi connectivity index (χ3n) is 4.68. The van der Waals surface area contributed by atoms with Crippen LogP contribution in [0.2, 0.25) is 0 Å². The molecular formula is C21H28N2O5. The van der Waals surface area contributed by atoms with Crippen LogP contribution in [0.4, 0.5) is 0 Å². The molecule has 1 aromatic carbocycles. The second kappa shape index (κ2) is 7.45. The summed E-state index contributed by atoms with van der Waals surface area (Å²) in [5, 5.41) is 6.27. The smallest absolute Gasteiger partial charge is 0.434 e. The van der Waals surface area contributed by atoms with Crippen molar-refractivity contribution in [3.8, 4) is 5.75 Å². The molecule has 0 bridgehead atoms. The number of rotatable bonds is 5. The number of hydrogen-bond donors (Lipinski definition) is 1. The molecule has 1 N–H and O–H groups in total. The summed E-state index contributed by atoms with van der Waals surface area (Å²) in [7, 11) is 0. The van der Waals surface area contributed by atoms with Crippen LogP contribution < -0.4 is 10.5 Å². The van der Waals surface area contributed by atoms with Crippen molar-refractivity contribution < 1.29 is 18.7 Å². The molecule has 0 saturated carbocycles. The zero-order valence-corrected chi connectivity index (χ0v) is 17.1. The molecule has 2 heterocycles. The van der Waals surface area contributed by atoms with Gasteiger partial charge in [-0.15, -0.1) is 5.10 Å². The van der Waals surface area contributed by atoms with E-state index in [2.05, 4.69) is 10.2 Å². The summed E-state index contributed by atoms with van der Waals surface area (Å²) >= 11 is 0. The molecule has 1 atom stereocenters. The monoisotopic (exact) mass is 388 g/mol. The molecule has 0 fully saturated rings. The van der Waals surface area contributed by atoms with Crippen molar-refractivity contribution in [2.24, 2.45) is 0 Å². The Hall–Kier alpha value is -2.57. The van der Waals surface area contributed by atoms with Crippen molar-refractivity contribution in [1.82, 2.24) is 10.2 Å². The van der Waals surface area contributed by atoms with Crippen LogP contribution in [0.15, 0.2) is 27.4 Å². The Kier molecular flexibility index (Phi) is 5.37. The van der Waals surface area contributed by atoms with Gasteiger partial charge in [-0.05, 0) is 57.2 Å². The molecule has 0 radical (unpaired) electrons. The SMILES string of the molecule is CC(C)(C)OC(=O)Cc1ccc2c(c1)CC[C@H](CC(C)(C)c1n[nH]c(=O)o1)O2. The molecule has 0 saturated heterocycles. The minimum absolute atomic E-state index is 0.00112. The number of benzene rings is 1. The van der Waals surface area contributed by atoms with Crippen LogP contribution in [0.3, 0.4) is 0 Å². The van der Waals surface area contributed by atoms with Gasteiger partial charge >= 0.3 is 11.7 Å². The second-order valence-electron chi connectivity index (χ2n) is 8.99. The second-order valence-corrected chi connectivity index (χ2v) is 8.99. The molecule has 0 aliphatic carbocycles. The van der Waals surface area contributed by atoms with Crippen LogP contribution in [0.25, 0.3) is 0 Å². The number of ether oxygens (including phenoxy) is 2. The first-order valence-corrected chi connectivity index (χ1v) is 9.58. The number of nitrogens with zero attached hydrogens (tertiary/aromatic N) is 1. The fourth-order valence-electron chi connectivity index (χ4n) is 3.47. The molecule has 28 heavy (non-hydrogen) atoms. The summed E-state index contributed by atoms with van der Waals surface area (Å²) in [5.41, 5.74) is 1.12. The molecule has 0 spiro atoms. The predicted molar refractivity (Wildman–Crippen MR) is 103 cm³/mol. The highest BCUT2D eigenvalue weighted by Crippen LogP contribution is 2.34. The van der Waals surface area contributed by atoms with Crippen molar-refractivity contribution in [2.75, 3.05) is 0 Å². The summed E-state index contributed by atoms with van der Waals surface area (Å²) < 4.78 is 16.7. The Morgan fingerprint density at radius 1 is 1.29 bits per heavy atom. The number of esters is 1. The van der Waals surface area contributed by atoms with Gasteiger partial charge in [-0.25, -0.2) is 9.89 Å². The van der Waals surface area contributed by atoms with Crippen molar-refractivity contribution in [3.05, 3.63) is 45.8 Å². The number of fused-ring (bicyclic) bond motifs is 1. The van der Waals surface area contributed by atoms with Gasteiger partial charge in [0, 0.05) is 5.41 Å². The van der Waals surface area contributed by atoms with E-state index in [9.17, 15) is 9.59 Å². The van der Waals surface area contributed by atoms with Gasteiger partial charge in [-0.1, -0.05) is 26.0 Å². The molecule has 3 rings (SSSR count). The first-order valence-electron chi connectivity index (χ1n) is 9.58. The largest absolute Gasteiger partial charge is 0.490 e. The summed E-state index contributed by atoms with van der Waals surface area (Å²) in [6.45, 7) is 9.55. The van der Waals surface area contributed by atoms with E-state index in [-0.39, 0.29) is 18.5 Å². The molecule has 152 valence electrons. The Labute approximate surface area is 164 Å². The predicted octanol–water partition coefficient (Wildman–Crippen LogP) is 3.31. The van der Waals surface area contributed by atoms with Gasteiger partial charge in [0.1, 0.15) is 17.5 Å². The Morgan fingerprint density at radius 2 is 2.04 bits per heavy atom. The molecule has 2 aromatic rings. The van der Waals surface area contributed by atoms with Crippen molar-refractivity contribution in [2.45, 2.75) is 77.4 Å². The van der Waals surface area contributed by atoms with E-state index >= 15 is 0 Å². The average Bonchev–Trinajstić information content (AvgIpc) is 3.00. The van der Waals surface area contributed by atoms with Crippen LogP contribution in [-0.4, -0.2) is 27.9 Å². The topological polar surface area (TPSA) is 94.4 Å². The fraction of sp³-hybridized carbons (Fsp3) is 0.571. The lowest BCUT2D eigenvalue weighted by Crippen LogP contribution is -2.31. The lowest BCUT2D eigenvalue weighted by atomic mass is 9.84. The highest BCUT2D eigenvalue weighted by molar-refractivity contribution is 5.73. The van der Waals surface area contributed by atoms with Crippen LogP contribution in [0, 0.1) is 0 Å². The summed E-state index contributed by atoms with van der Waals surface area (Å²) in [6.07, 6.45) is 2.64. The number of H-pyrrole nitrogens is 1. The zero-order chi connectivity index (χ0) is 20.5. The number of aromatic nitrogens is 2. The average molecular weight is 388 g/mol. The first kappa shape index (κ1) is 20.2. The maximum Gasteiger partial charge on any atom is 0.434 e. The normalized spacial score (nSPS) is 17.0. The minimum Gasteiger partial charge on any atom is -0.490 e. The van der Waals surface area contributed by atoms with Crippen LogP contribution in [0.1, 0.15) is 64.5 Å². The molecule has 1 aromatic heterocycles. The zero-order valence-electron chi connectivity index (χ0n) is 17.1. The van der Waals surface area contributed by atoms with Gasteiger partial charge in [-0.3, -0.25) is 4.79 Å². The van der Waals surface area contributed by atoms with Gasteiger partial charge < -0.3 is 13.9 Å². The molecule has 0 amide bonds. The Bertz CT molecular complexity index is 904. The van der Waals surface area contributed by atoms with E-state index in [1.807, 2.05) is 52.8 Å². The van der Waals surface area contributed by atoms with E-state index in [1.165, 1.54) is 0 Å². The molecule has 7 nitrogen and oxygen atoms in total. The maximum atomic E-state index is 12.0. The van der Waals surface area contributed by atoms with Crippen LogP contribution in [0.5, 0.6) is 5.75 Å². The maximum absolute atomic E-state index is 12.0. The van der Waals surface area contributed by atoms with Crippen molar-refractivity contribution in [3.63, 3.8) is 0 Å². The Balaban J connectivity index is 1.64. The lowest BCUT2D eigenvalue weighted by Gasteiger charge is -2.31. The number of aromatic amines is 1. The summed E-state index contributed by atoms with van der Waals surface area (Å²) in [6, 6.07) is 5.85. The van der Waals surface area contributed by atoms with Gasteiger partial charge in [0.25, 0.3) is 0 Å². The molecule has 1 aliphatic rings. The van der Waals surface area contributed by atoms with Gasteiger partial charge in [0.05, 0.1) is 6.42 Å². The van der Waals surface area contributed by atoms with E-state index < -0.39 is 16.8 Å². The molecule has 1 aliphatic heterocycles. The van der Waals surface area contributed by atoms with E-state index in [0.29, 0.717) is 12.3 Å². The fourth-order valence-corrected chi connectivity index (χ4v) is 3.47. The number of nitrogens with one attached hydrogen (secondary N) is 1. The third kappa shape index (κ3) is 5.03. The van der Waals surface area contributed by atoms with Gasteiger partial charge in [0.15, 0.2) is 0 Å². The number of carbonyl (C=O) groups excluding carboxylic acids is 1. The highest BCUT2D eigenvalue weighted by Gasteiger charge is 2.33. The third-order valence-corrected chi connectivity index (χ3v) is 4.68.